The van der Waals surface area contributed by atoms with Gasteiger partial charge in [-0.15, -0.1) is 0 Å². The summed E-state index contributed by atoms with van der Waals surface area (Å²) in [4.78, 5) is 12.0. The Bertz CT molecular complexity index is 850. The van der Waals surface area contributed by atoms with Crippen LogP contribution in [0.25, 0.3) is 16.8 Å². The molecule has 0 aromatic heterocycles. The lowest BCUT2D eigenvalue weighted by Crippen LogP contribution is -2.33. The van der Waals surface area contributed by atoms with Crippen molar-refractivity contribution in [3.8, 4) is 5.75 Å². The molecule has 2 aromatic carbocycles. The number of methoxy groups -OCH3 is 3. The fourth-order valence-corrected chi connectivity index (χ4v) is 3.57. The maximum atomic E-state index is 12.0. The molecule has 2 aromatic rings. The van der Waals surface area contributed by atoms with Crippen molar-refractivity contribution in [3.63, 3.8) is 0 Å². The number of benzene rings is 2. The normalized spacial score (nSPS) is 22.0. The molecule has 0 radical (unpaired) electrons. The van der Waals surface area contributed by atoms with Crippen LogP contribution in [-0.2, 0) is 24.6 Å². The van der Waals surface area contributed by atoms with E-state index in [1.807, 2.05) is 24.3 Å². The number of rotatable bonds is 7. The Balaban J connectivity index is 2.03. The molecule has 0 bridgehead atoms. The zero-order valence-electron chi connectivity index (χ0n) is 15.9. The largest absolute Gasteiger partial charge is 0.496 e. The summed E-state index contributed by atoms with van der Waals surface area (Å²) >= 11 is 0. The van der Waals surface area contributed by atoms with Crippen LogP contribution in [0.4, 0.5) is 0 Å². The number of carbonyl (C=O) groups excluding carboxylic acids is 1. The van der Waals surface area contributed by atoms with Gasteiger partial charge in [-0.05, 0) is 34.5 Å². The van der Waals surface area contributed by atoms with Gasteiger partial charge in [0.05, 0.1) is 14.2 Å². The number of ether oxygens (including phenoxy) is 4. The first kappa shape index (κ1) is 19.4. The monoisotopic (exact) mass is 371 g/mol. The molecule has 6 nitrogen and oxygen atoms in total. The third-order valence-electron chi connectivity index (χ3n) is 5.04. The van der Waals surface area contributed by atoms with E-state index in [-0.39, 0.29) is 12.8 Å². The predicted molar refractivity (Wildman–Crippen MR) is 104 cm³/mol. The number of esters is 1. The fraction of sp³-hybridized carbons (Fsp3) is 0.381. The van der Waals surface area contributed by atoms with E-state index in [0.29, 0.717) is 13.0 Å². The summed E-state index contributed by atoms with van der Waals surface area (Å²) in [6, 6.07) is 9.74. The second kappa shape index (κ2) is 8.08. The first-order valence-corrected chi connectivity index (χ1v) is 8.75. The van der Waals surface area contributed by atoms with E-state index < -0.39 is 11.6 Å². The molecule has 1 aliphatic rings. The average Bonchev–Trinajstić information content (AvgIpc) is 3.15. The van der Waals surface area contributed by atoms with Crippen molar-refractivity contribution in [1.29, 1.82) is 0 Å². The zero-order valence-corrected chi connectivity index (χ0v) is 15.9. The van der Waals surface area contributed by atoms with Gasteiger partial charge in [0.1, 0.15) is 24.2 Å². The average molecular weight is 371 g/mol. The molecule has 144 valence electrons. The van der Waals surface area contributed by atoms with Crippen molar-refractivity contribution in [1.82, 2.24) is 5.32 Å². The molecule has 0 unspecified atom stereocenters. The van der Waals surface area contributed by atoms with Gasteiger partial charge in [-0.25, -0.2) is 0 Å². The van der Waals surface area contributed by atoms with Crippen molar-refractivity contribution in [2.24, 2.45) is 0 Å². The van der Waals surface area contributed by atoms with E-state index in [4.69, 9.17) is 18.9 Å². The second-order valence-electron chi connectivity index (χ2n) is 6.57. The van der Waals surface area contributed by atoms with E-state index in [2.05, 4.69) is 18.0 Å². The molecule has 1 heterocycles. The molecule has 1 aliphatic heterocycles. The SMILES string of the molecule is C=Cc1cc2cc([C@@]3(OCOC)CN[C@H](C(=O)OC)C3)ccc2cc1OC. The van der Waals surface area contributed by atoms with Gasteiger partial charge in [0.2, 0.25) is 0 Å². The highest BCUT2D eigenvalue weighted by atomic mass is 16.7. The van der Waals surface area contributed by atoms with Crippen molar-refractivity contribution in [2.75, 3.05) is 34.7 Å². The molecule has 1 N–H and O–H groups in total. The van der Waals surface area contributed by atoms with Crippen molar-refractivity contribution >= 4 is 22.8 Å². The number of hydrogen-bond acceptors (Lipinski definition) is 6. The van der Waals surface area contributed by atoms with Gasteiger partial charge < -0.3 is 24.3 Å². The molecule has 0 aliphatic carbocycles. The minimum atomic E-state index is -0.669. The summed E-state index contributed by atoms with van der Waals surface area (Å²) in [7, 11) is 4.62. The predicted octanol–water partition coefficient (Wildman–Crippen LogP) is 2.84. The molecule has 3 rings (SSSR count). The minimum absolute atomic E-state index is 0.133. The smallest absolute Gasteiger partial charge is 0.322 e. The van der Waals surface area contributed by atoms with Crippen LogP contribution in [-0.4, -0.2) is 46.7 Å². The molecular weight excluding hydrogens is 346 g/mol. The number of nitrogens with one attached hydrogen (secondary N) is 1. The van der Waals surface area contributed by atoms with Gasteiger partial charge in [-0.2, -0.15) is 0 Å². The molecular formula is C21H25NO5. The Morgan fingerprint density at radius 1 is 1.26 bits per heavy atom. The summed E-state index contributed by atoms with van der Waals surface area (Å²) in [6.07, 6.45) is 2.24. The lowest BCUT2D eigenvalue weighted by molar-refractivity contribution is -0.146. The van der Waals surface area contributed by atoms with Crippen LogP contribution in [0.15, 0.2) is 36.9 Å². The van der Waals surface area contributed by atoms with Crippen LogP contribution in [0.5, 0.6) is 5.75 Å². The van der Waals surface area contributed by atoms with Crippen LogP contribution in [0, 0.1) is 0 Å². The van der Waals surface area contributed by atoms with Crippen molar-refractivity contribution < 1.29 is 23.7 Å². The molecule has 0 spiro atoms. The van der Waals surface area contributed by atoms with E-state index in [1.54, 1.807) is 20.3 Å². The molecule has 2 atom stereocenters. The Hall–Kier alpha value is -2.41. The third kappa shape index (κ3) is 3.69. The highest BCUT2D eigenvalue weighted by Gasteiger charge is 2.44. The topological polar surface area (TPSA) is 66.0 Å². The van der Waals surface area contributed by atoms with Gasteiger partial charge >= 0.3 is 5.97 Å². The first-order valence-electron chi connectivity index (χ1n) is 8.75. The molecule has 1 saturated heterocycles. The van der Waals surface area contributed by atoms with Gasteiger partial charge in [-0.3, -0.25) is 4.79 Å². The van der Waals surface area contributed by atoms with Gasteiger partial charge in [-0.1, -0.05) is 24.8 Å². The maximum Gasteiger partial charge on any atom is 0.322 e. The molecule has 1 fully saturated rings. The molecule has 0 saturated carbocycles. The number of hydrogen-bond donors (Lipinski definition) is 1. The maximum absolute atomic E-state index is 12.0. The van der Waals surface area contributed by atoms with E-state index >= 15 is 0 Å². The van der Waals surface area contributed by atoms with E-state index in [9.17, 15) is 4.79 Å². The van der Waals surface area contributed by atoms with Crippen LogP contribution in [0.3, 0.4) is 0 Å². The standard InChI is InChI=1S/C21H25NO5/c1-5-14-8-16-9-17(7-6-15(16)10-19(14)25-3)21(27-13-24-2)11-18(22-12-21)20(23)26-4/h5-10,18,22H,1,11-13H2,2-4H3/t18-,21-/m0/s1. The number of carbonyl (C=O) groups is 1. The highest BCUT2D eigenvalue weighted by molar-refractivity contribution is 5.88. The Morgan fingerprint density at radius 3 is 2.74 bits per heavy atom. The zero-order chi connectivity index (χ0) is 19.4. The minimum Gasteiger partial charge on any atom is -0.496 e. The van der Waals surface area contributed by atoms with Crippen LogP contribution >= 0.6 is 0 Å². The van der Waals surface area contributed by atoms with Crippen molar-refractivity contribution in [3.05, 3.63) is 48.0 Å². The molecule has 27 heavy (non-hydrogen) atoms. The van der Waals surface area contributed by atoms with Gasteiger partial charge in [0, 0.05) is 25.6 Å². The van der Waals surface area contributed by atoms with Crippen LogP contribution in [0.2, 0.25) is 0 Å². The Kier molecular flexibility index (Phi) is 5.79. The second-order valence-corrected chi connectivity index (χ2v) is 6.57. The fourth-order valence-electron chi connectivity index (χ4n) is 3.57. The molecule has 6 heteroatoms. The van der Waals surface area contributed by atoms with Crippen LogP contribution in [0.1, 0.15) is 17.5 Å². The summed E-state index contributed by atoms with van der Waals surface area (Å²) < 4.78 is 21.5. The first-order chi connectivity index (χ1) is 13.1. The number of fused-ring (bicyclic) bond motifs is 1. The van der Waals surface area contributed by atoms with E-state index in [1.165, 1.54) is 7.11 Å². The molecule has 0 amide bonds. The quantitative estimate of drug-likeness (QED) is 0.596. The summed E-state index contributed by atoms with van der Waals surface area (Å²) in [5.74, 6) is 0.487. The highest BCUT2D eigenvalue weighted by Crippen LogP contribution is 2.37. The van der Waals surface area contributed by atoms with Gasteiger partial charge in [0.15, 0.2) is 0 Å². The Morgan fingerprint density at radius 2 is 2.07 bits per heavy atom. The van der Waals surface area contributed by atoms with Gasteiger partial charge in [0.25, 0.3) is 0 Å². The Labute approximate surface area is 159 Å². The summed E-state index contributed by atoms with van der Waals surface area (Å²) in [5, 5.41) is 5.30. The van der Waals surface area contributed by atoms with Crippen LogP contribution < -0.4 is 10.1 Å². The summed E-state index contributed by atoms with van der Waals surface area (Å²) in [5.41, 5.74) is 1.23. The lowest BCUT2D eigenvalue weighted by atomic mass is 9.89. The third-order valence-corrected chi connectivity index (χ3v) is 5.04. The summed E-state index contributed by atoms with van der Waals surface area (Å²) in [6.45, 7) is 4.48. The van der Waals surface area contributed by atoms with Crippen molar-refractivity contribution in [2.45, 2.75) is 18.1 Å². The lowest BCUT2D eigenvalue weighted by Gasteiger charge is -2.29. The van der Waals surface area contributed by atoms with E-state index in [0.717, 1.165) is 27.6 Å².